The van der Waals surface area contributed by atoms with Gasteiger partial charge in [-0.05, 0) is 24.5 Å². The lowest BCUT2D eigenvalue weighted by atomic mass is 10.0. The van der Waals surface area contributed by atoms with Gasteiger partial charge >= 0.3 is 0 Å². The highest BCUT2D eigenvalue weighted by Crippen LogP contribution is 2.29. The summed E-state index contributed by atoms with van der Waals surface area (Å²) in [6.07, 6.45) is 5.79. The fourth-order valence-corrected chi connectivity index (χ4v) is 3.76. The maximum atomic E-state index is 12.4. The SMILES string of the molecule is COc1ccc(S(=O)(=O)NCCC(=O)NCCCCCCC(C)C)cc1OC. The summed E-state index contributed by atoms with van der Waals surface area (Å²) in [5.41, 5.74) is 0. The average Bonchev–Trinajstić information content (AvgIpc) is 2.66. The molecule has 28 heavy (non-hydrogen) atoms. The minimum Gasteiger partial charge on any atom is -0.493 e. The molecule has 0 spiro atoms. The van der Waals surface area contributed by atoms with Crippen molar-refractivity contribution in [1.82, 2.24) is 10.0 Å². The third kappa shape index (κ3) is 8.93. The van der Waals surface area contributed by atoms with Crippen molar-refractivity contribution < 1.29 is 22.7 Å². The zero-order chi connectivity index (χ0) is 21.0. The second-order valence-corrected chi connectivity index (χ2v) is 8.88. The number of carbonyl (C=O) groups is 1. The fourth-order valence-electron chi connectivity index (χ4n) is 2.71. The molecule has 0 heterocycles. The first-order valence-electron chi connectivity index (χ1n) is 9.78. The summed E-state index contributed by atoms with van der Waals surface area (Å²) in [4.78, 5) is 11.9. The Morgan fingerprint density at radius 1 is 1.00 bits per heavy atom. The van der Waals surface area contributed by atoms with E-state index in [0.29, 0.717) is 18.0 Å². The Hall–Kier alpha value is -1.80. The summed E-state index contributed by atoms with van der Waals surface area (Å²) in [6.45, 7) is 5.11. The van der Waals surface area contributed by atoms with Crippen LogP contribution in [0.25, 0.3) is 0 Å². The number of hydrogen-bond acceptors (Lipinski definition) is 5. The quantitative estimate of drug-likeness (QED) is 0.456. The van der Waals surface area contributed by atoms with Crippen LogP contribution in [0.4, 0.5) is 0 Å². The maximum absolute atomic E-state index is 12.4. The maximum Gasteiger partial charge on any atom is 0.240 e. The summed E-state index contributed by atoms with van der Waals surface area (Å²) in [5.74, 6) is 1.36. The monoisotopic (exact) mass is 414 g/mol. The third-order valence-corrected chi connectivity index (χ3v) is 5.80. The molecule has 0 atom stereocenters. The van der Waals surface area contributed by atoms with Crippen LogP contribution < -0.4 is 19.5 Å². The summed E-state index contributed by atoms with van der Waals surface area (Å²) >= 11 is 0. The molecule has 0 aliphatic carbocycles. The van der Waals surface area contributed by atoms with E-state index in [4.69, 9.17) is 9.47 Å². The van der Waals surface area contributed by atoms with Crippen LogP contribution >= 0.6 is 0 Å². The normalized spacial score (nSPS) is 11.5. The van der Waals surface area contributed by atoms with Crippen molar-refractivity contribution >= 4 is 15.9 Å². The Balaban J connectivity index is 2.31. The highest BCUT2D eigenvalue weighted by Gasteiger charge is 2.17. The van der Waals surface area contributed by atoms with Gasteiger partial charge in [-0.15, -0.1) is 0 Å². The number of benzene rings is 1. The molecule has 0 radical (unpaired) electrons. The van der Waals surface area contributed by atoms with Gasteiger partial charge in [0.15, 0.2) is 11.5 Å². The predicted octanol–water partition coefficient (Wildman–Crippen LogP) is 3.09. The van der Waals surface area contributed by atoms with Gasteiger partial charge in [0.2, 0.25) is 15.9 Å². The second kappa shape index (κ2) is 12.6. The Kier molecular flexibility index (Phi) is 10.9. The molecule has 160 valence electrons. The molecule has 0 fully saturated rings. The van der Waals surface area contributed by atoms with E-state index in [2.05, 4.69) is 23.9 Å². The molecule has 1 rings (SSSR count). The van der Waals surface area contributed by atoms with E-state index in [1.165, 1.54) is 51.7 Å². The molecule has 7 nitrogen and oxygen atoms in total. The smallest absolute Gasteiger partial charge is 0.240 e. The van der Waals surface area contributed by atoms with Gasteiger partial charge in [-0.2, -0.15) is 0 Å². The number of hydrogen-bond donors (Lipinski definition) is 2. The average molecular weight is 415 g/mol. The van der Waals surface area contributed by atoms with E-state index >= 15 is 0 Å². The van der Waals surface area contributed by atoms with Gasteiger partial charge in [0.1, 0.15) is 0 Å². The Labute approximate surface area is 169 Å². The van der Waals surface area contributed by atoms with E-state index in [1.807, 2.05) is 0 Å². The molecule has 0 saturated carbocycles. The Bertz CT molecular complexity index is 705. The van der Waals surface area contributed by atoms with E-state index in [0.717, 1.165) is 18.8 Å². The lowest BCUT2D eigenvalue weighted by molar-refractivity contribution is -0.120. The lowest BCUT2D eigenvalue weighted by Crippen LogP contribution is -2.31. The highest BCUT2D eigenvalue weighted by atomic mass is 32.2. The van der Waals surface area contributed by atoms with Crippen molar-refractivity contribution in [2.24, 2.45) is 5.92 Å². The molecule has 1 aromatic carbocycles. The van der Waals surface area contributed by atoms with E-state index in [1.54, 1.807) is 0 Å². The van der Waals surface area contributed by atoms with Gasteiger partial charge in [0, 0.05) is 25.6 Å². The van der Waals surface area contributed by atoms with Crippen LogP contribution in [0.15, 0.2) is 23.1 Å². The molecule has 0 aliphatic heterocycles. The number of rotatable bonds is 14. The number of methoxy groups -OCH3 is 2. The van der Waals surface area contributed by atoms with Crippen molar-refractivity contribution in [3.8, 4) is 11.5 Å². The molecule has 0 aliphatic rings. The molecule has 8 heteroatoms. The van der Waals surface area contributed by atoms with E-state index in [-0.39, 0.29) is 23.8 Å². The van der Waals surface area contributed by atoms with Crippen LogP contribution in [0.2, 0.25) is 0 Å². The summed E-state index contributed by atoms with van der Waals surface area (Å²) in [7, 11) is -0.800. The fraction of sp³-hybridized carbons (Fsp3) is 0.650. The van der Waals surface area contributed by atoms with Gasteiger partial charge in [0.25, 0.3) is 0 Å². The van der Waals surface area contributed by atoms with Gasteiger partial charge < -0.3 is 14.8 Å². The first-order valence-corrected chi connectivity index (χ1v) is 11.3. The van der Waals surface area contributed by atoms with Gasteiger partial charge in [-0.25, -0.2) is 13.1 Å². The van der Waals surface area contributed by atoms with Crippen molar-refractivity contribution in [3.05, 3.63) is 18.2 Å². The molecule has 2 N–H and O–H groups in total. The Morgan fingerprint density at radius 2 is 1.68 bits per heavy atom. The topological polar surface area (TPSA) is 93.7 Å². The van der Waals surface area contributed by atoms with E-state index < -0.39 is 10.0 Å². The highest BCUT2D eigenvalue weighted by molar-refractivity contribution is 7.89. The van der Waals surface area contributed by atoms with Crippen molar-refractivity contribution in [2.45, 2.75) is 57.3 Å². The molecule has 0 unspecified atom stereocenters. The predicted molar refractivity (Wildman–Crippen MR) is 110 cm³/mol. The van der Waals surface area contributed by atoms with Crippen molar-refractivity contribution in [1.29, 1.82) is 0 Å². The van der Waals surface area contributed by atoms with Crippen LogP contribution in [0.1, 0.15) is 52.4 Å². The second-order valence-electron chi connectivity index (χ2n) is 7.11. The number of amides is 1. The van der Waals surface area contributed by atoms with Gasteiger partial charge in [0.05, 0.1) is 19.1 Å². The van der Waals surface area contributed by atoms with Crippen LogP contribution in [0.3, 0.4) is 0 Å². The molecule has 1 amide bonds. The first-order chi connectivity index (χ1) is 13.3. The molecule has 0 bridgehead atoms. The van der Waals surface area contributed by atoms with Crippen LogP contribution in [0, 0.1) is 5.92 Å². The number of ether oxygens (including phenoxy) is 2. The van der Waals surface area contributed by atoms with Crippen molar-refractivity contribution in [3.63, 3.8) is 0 Å². The summed E-state index contributed by atoms with van der Waals surface area (Å²) < 4.78 is 37.4. The molecule has 0 aromatic heterocycles. The van der Waals surface area contributed by atoms with Crippen LogP contribution in [-0.2, 0) is 14.8 Å². The number of carbonyl (C=O) groups excluding carboxylic acids is 1. The van der Waals surface area contributed by atoms with Gasteiger partial charge in [-0.3, -0.25) is 4.79 Å². The van der Waals surface area contributed by atoms with Gasteiger partial charge in [-0.1, -0.05) is 39.5 Å². The van der Waals surface area contributed by atoms with Crippen LogP contribution in [0.5, 0.6) is 11.5 Å². The molecular formula is C20H34N2O5S. The standard InChI is InChI=1S/C20H34N2O5S/c1-16(2)9-7-5-6-8-13-21-20(23)12-14-22-28(24,25)17-10-11-18(26-3)19(15-17)27-4/h10-11,15-16,22H,5-9,12-14H2,1-4H3,(H,21,23). The van der Waals surface area contributed by atoms with Crippen LogP contribution in [-0.4, -0.2) is 41.6 Å². The number of sulfonamides is 1. The number of nitrogens with one attached hydrogen (secondary N) is 2. The third-order valence-electron chi connectivity index (χ3n) is 4.34. The lowest BCUT2D eigenvalue weighted by Gasteiger charge is -2.11. The number of unbranched alkanes of at least 4 members (excludes halogenated alkanes) is 3. The summed E-state index contributed by atoms with van der Waals surface area (Å²) in [6, 6.07) is 4.35. The summed E-state index contributed by atoms with van der Waals surface area (Å²) in [5, 5.41) is 2.83. The zero-order valence-corrected chi connectivity index (χ0v) is 18.2. The first kappa shape index (κ1) is 24.2. The molecule has 0 saturated heterocycles. The van der Waals surface area contributed by atoms with Crippen molar-refractivity contribution in [2.75, 3.05) is 27.3 Å². The minimum absolute atomic E-state index is 0.0386. The molecule has 1 aromatic rings. The minimum atomic E-state index is -3.72. The Morgan fingerprint density at radius 3 is 2.32 bits per heavy atom. The van der Waals surface area contributed by atoms with E-state index in [9.17, 15) is 13.2 Å². The zero-order valence-electron chi connectivity index (χ0n) is 17.4. The molecular weight excluding hydrogens is 380 g/mol. The largest absolute Gasteiger partial charge is 0.493 e.